The average molecular weight is 456 g/mol. The van der Waals surface area contributed by atoms with Crippen molar-refractivity contribution in [3.05, 3.63) is 71.8 Å². The van der Waals surface area contributed by atoms with Crippen molar-refractivity contribution in [2.75, 3.05) is 25.9 Å². The Labute approximate surface area is 193 Å². The van der Waals surface area contributed by atoms with E-state index in [1.54, 1.807) is 4.90 Å². The van der Waals surface area contributed by atoms with E-state index in [-0.39, 0.29) is 5.91 Å². The smallest absolute Gasteiger partial charge is 0.250 e. The van der Waals surface area contributed by atoms with Crippen LogP contribution in [0.15, 0.2) is 60.7 Å². The van der Waals surface area contributed by atoms with Gasteiger partial charge in [-0.05, 0) is 36.2 Å². The Kier molecular flexibility index (Phi) is 6.53. The number of thiocarbonyl (C=S) groups is 2. The molecule has 0 bridgehead atoms. The molecule has 0 unspecified atom stereocenters. The molecule has 156 valence electrons. The minimum Gasteiger partial charge on any atom is -0.284 e. The third-order valence-electron chi connectivity index (χ3n) is 5.92. The molecule has 4 rings (SSSR count). The van der Waals surface area contributed by atoms with Gasteiger partial charge in [-0.3, -0.25) is 9.80 Å². The number of nitrogens with zero attached hydrogens (tertiary/aromatic N) is 3. The fraction of sp³-hybridized carbons (Fsp3) is 0.348. The van der Waals surface area contributed by atoms with E-state index in [9.17, 15) is 4.79 Å². The Morgan fingerprint density at radius 1 is 0.967 bits per heavy atom. The van der Waals surface area contributed by atoms with Crippen molar-refractivity contribution in [3.8, 4) is 0 Å². The van der Waals surface area contributed by atoms with Crippen molar-refractivity contribution in [1.29, 1.82) is 0 Å². The van der Waals surface area contributed by atoms with Gasteiger partial charge in [0.1, 0.15) is 9.74 Å². The summed E-state index contributed by atoms with van der Waals surface area (Å²) >= 11 is 13.0. The average Bonchev–Trinajstić information content (AvgIpc) is 2.80. The van der Waals surface area contributed by atoms with Crippen LogP contribution in [0.4, 0.5) is 0 Å². The van der Waals surface area contributed by atoms with Crippen molar-refractivity contribution in [1.82, 2.24) is 14.9 Å². The maximum Gasteiger partial charge on any atom is 0.250 e. The van der Waals surface area contributed by atoms with Crippen molar-refractivity contribution in [3.63, 3.8) is 0 Å². The number of hydrogen-bond donors (Lipinski definition) is 0. The molecule has 0 saturated carbocycles. The highest BCUT2D eigenvalue weighted by atomic mass is 32.2. The third-order valence-corrected chi connectivity index (χ3v) is 7.91. The number of hydrogen-bond acceptors (Lipinski definition) is 5. The lowest BCUT2D eigenvalue weighted by atomic mass is 9.74. The zero-order chi connectivity index (χ0) is 21.1. The van der Waals surface area contributed by atoms with Gasteiger partial charge >= 0.3 is 0 Å². The highest BCUT2D eigenvalue weighted by Gasteiger charge is 2.50. The Hall–Kier alpha value is -1.80. The Morgan fingerprint density at radius 3 is 2.03 bits per heavy atom. The molecule has 4 nitrogen and oxygen atoms in total. The van der Waals surface area contributed by atoms with E-state index in [0.717, 1.165) is 37.1 Å². The summed E-state index contributed by atoms with van der Waals surface area (Å²) in [5.41, 5.74) is 1.09. The molecule has 2 aromatic carbocycles. The SMILES string of the molecule is CN(C(=S)N1C(=O)C(c2ccccc2)(c2ccccc2)CSC1=S)N1CCCCC1. The topological polar surface area (TPSA) is 26.8 Å². The van der Waals surface area contributed by atoms with Crippen LogP contribution < -0.4 is 0 Å². The predicted octanol–water partition coefficient (Wildman–Crippen LogP) is 4.45. The number of piperidine rings is 1. The van der Waals surface area contributed by atoms with E-state index < -0.39 is 5.41 Å². The van der Waals surface area contributed by atoms with Gasteiger partial charge in [0.15, 0.2) is 5.11 Å². The van der Waals surface area contributed by atoms with Crippen molar-refractivity contribution in [2.24, 2.45) is 0 Å². The zero-order valence-corrected chi connectivity index (χ0v) is 19.4. The summed E-state index contributed by atoms with van der Waals surface area (Å²) in [6.45, 7) is 1.89. The molecule has 2 aliphatic rings. The van der Waals surface area contributed by atoms with Crippen LogP contribution in [0.25, 0.3) is 0 Å². The molecule has 0 radical (unpaired) electrons. The number of thioether (sulfide) groups is 1. The van der Waals surface area contributed by atoms with E-state index in [2.05, 4.69) is 5.01 Å². The zero-order valence-electron chi connectivity index (χ0n) is 17.0. The minimum absolute atomic E-state index is 0.0718. The molecule has 30 heavy (non-hydrogen) atoms. The van der Waals surface area contributed by atoms with E-state index in [4.69, 9.17) is 24.4 Å². The lowest BCUT2D eigenvalue weighted by molar-refractivity contribution is -0.129. The second-order valence-corrected chi connectivity index (χ2v) is 9.63. The van der Waals surface area contributed by atoms with Gasteiger partial charge in [-0.15, -0.1) is 0 Å². The predicted molar refractivity (Wildman–Crippen MR) is 131 cm³/mol. The van der Waals surface area contributed by atoms with Crippen LogP contribution in [0.3, 0.4) is 0 Å². The number of carbonyl (C=O) groups excluding carboxylic acids is 1. The number of amides is 1. The largest absolute Gasteiger partial charge is 0.284 e. The Bertz CT molecular complexity index is 890. The summed E-state index contributed by atoms with van der Waals surface area (Å²) in [5.74, 6) is 0.489. The molecule has 0 aromatic heterocycles. The van der Waals surface area contributed by atoms with Gasteiger partial charge in [-0.25, -0.2) is 9.91 Å². The molecule has 0 N–H and O–H groups in total. The summed E-state index contributed by atoms with van der Waals surface area (Å²) in [4.78, 5) is 15.8. The number of benzene rings is 2. The molecule has 0 atom stereocenters. The fourth-order valence-corrected chi connectivity index (χ4v) is 6.05. The standard InChI is InChI=1S/C23H25N3OS3/c1-24(25-15-9-4-10-16-25)21(28)26-20(27)23(17-30-22(26)29,18-11-5-2-6-12-18)19-13-7-3-8-14-19/h2-3,5-8,11-14H,4,9-10,15-17H2,1H3. The molecular formula is C23H25N3OS3. The molecule has 7 heteroatoms. The maximum absolute atomic E-state index is 14.2. The van der Waals surface area contributed by atoms with Gasteiger partial charge in [0.25, 0.3) is 0 Å². The molecule has 0 aliphatic carbocycles. The van der Waals surface area contributed by atoms with Gasteiger partial charge in [0.2, 0.25) is 5.91 Å². The quantitative estimate of drug-likeness (QED) is 0.635. The summed E-state index contributed by atoms with van der Waals surface area (Å²) in [5, 5.41) is 4.61. The highest BCUT2D eigenvalue weighted by molar-refractivity contribution is 8.23. The molecule has 0 spiro atoms. The Morgan fingerprint density at radius 2 is 1.50 bits per heavy atom. The van der Waals surface area contributed by atoms with Gasteiger partial charge in [0.05, 0.1) is 0 Å². The van der Waals surface area contributed by atoms with E-state index in [0.29, 0.717) is 15.2 Å². The first-order chi connectivity index (χ1) is 14.6. The van der Waals surface area contributed by atoms with Crippen LogP contribution in [0.5, 0.6) is 0 Å². The molecule has 2 fully saturated rings. The van der Waals surface area contributed by atoms with Crippen LogP contribution in [-0.2, 0) is 10.2 Å². The van der Waals surface area contributed by atoms with E-state index in [1.807, 2.05) is 72.7 Å². The monoisotopic (exact) mass is 455 g/mol. The molecule has 2 heterocycles. The van der Waals surface area contributed by atoms with Crippen molar-refractivity contribution >= 4 is 51.5 Å². The van der Waals surface area contributed by atoms with Crippen LogP contribution in [0, 0.1) is 0 Å². The second-order valence-electron chi connectivity index (χ2n) is 7.65. The summed E-state index contributed by atoms with van der Waals surface area (Å²) in [7, 11) is 1.94. The van der Waals surface area contributed by atoms with Crippen LogP contribution in [0.2, 0.25) is 0 Å². The lowest BCUT2D eigenvalue weighted by Gasteiger charge is -2.45. The molecule has 1 amide bonds. The van der Waals surface area contributed by atoms with E-state index >= 15 is 0 Å². The maximum atomic E-state index is 14.2. The van der Waals surface area contributed by atoms with Crippen LogP contribution in [-0.4, -0.2) is 56.1 Å². The highest BCUT2D eigenvalue weighted by Crippen LogP contribution is 2.42. The van der Waals surface area contributed by atoms with Gasteiger partial charge in [-0.1, -0.05) is 91.1 Å². The number of hydrazine groups is 1. The van der Waals surface area contributed by atoms with Gasteiger partial charge < -0.3 is 0 Å². The number of rotatable bonds is 3. The first-order valence-electron chi connectivity index (χ1n) is 10.2. The van der Waals surface area contributed by atoms with Gasteiger partial charge in [-0.2, -0.15) is 0 Å². The minimum atomic E-state index is -0.831. The normalized spacial score (nSPS) is 19.6. The van der Waals surface area contributed by atoms with Crippen molar-refractivity contribution in [2.45, 2.75) is 24.7 Å². The van der Waals surface area contributed by atoms with Crippen molar-refractivity contribution < 1.29 is 4.79 Å². The van der Waals surface area contributed by atoms with E-state index in [1.165, 1.54) is 18.2 Å². The summed E-state index contributed by atoms with van der Waals surface area (Å²) in [6.07, 6.45) is 3.51. The van der Waals surface area contributed by atoms with Gasteiger partial charge in [0, 0.05) is 25.9 Å². The first kappa shape index (κ1) is 21.4. The van der Waals surface area contributed by atoms with Crippen LogP contribution >= 0.6 is 36.2 Å². The molecule has 2 aromatic rings. The molecule has 2 aliphatic heterocycles. The Balaban J connectivity index is 1.75. The fourth-order valence-electron chi connectivity index (χ4n) is 4.20. The summed E-state index contributed by atoms with van der Waals surface area (Å²) in [6, 6.07) is 20.0. The molecule has 2 saturated heterocycles. The third kappa shape index (κ3) is 3.80. The first-order valence-corrected chi connectivity index (χ1v) is 12.0. The molecular weight excluding hydrogens is 430 g/mol. The lowest BCUT2D eigenvalue weighted by Crippen LogP contribution is -2.61. The number of carbonyl (C=O) groups is 1. The van der Waals surface area contributed by atoms with Crippen LogP contribution in [0.1, 0.15) is 30.4 Å². The summed E-state index contributed by atoms with van der Waals surface area (Å²) < 4.78 is 0.524. The second kappa shape index (κ2) is 9.14.